The summed E-state index contributed by atoms with van der Waals surface area (Å²) in [5.74, 6) is 1.09. The number of hydrogen-bond acceptors (Lipinski definition) is 5. The van der Waals surface area contributed by atoms with Crippen LogP contribution in [0.4, 0.5) is 11.4 Å². The number of aryl methyl sites for hydroxylation is 1. The number of hydrogen-bond donors (Lipinski definition) is 2. The van der Waals surface area contributed by atoms with Gasteiger partial charge in [-0.15, -0.1) is 0 Å². The lowest BCUT2D eigenvalue weighted by Crippen LogP contribution is -2.48. The average molecular weight is 446 g/mol. The summed E-state index contributed by atoms with van der Waals surface area (Å²) in [5, 5.41) is 10.4. The van der Waals surface area contributed by atoms with Crippen LogP contribution in [-0.2, 0) is 11.3 Å². The van der Waals surface area contributed by atoms with Crippen LogP contribution in [-0.4, -0.2) is 26.7 Å². The van der Waals surface area contributed by atoms with Crippen LogP contribution in [0, 0.1) is 30.1 Å². The van der Waals surface area contributed by atoms with Crippen LogP contribution in [0.1, 0.15) is 46.7 Å². The smallest absolute Gasteiger partial charge is 0.288 e. The molecule has 168 valence electrons. The number of nitrogens with zero attached hydrogens (tertiary/aromatic N) is 3. The van der Waals surface area contributed by atoms with Crippen molar-refractivity contribution in [1.82, 2.24) is 14.8 Å². The highest BCUT2D eigenvalue weighted by atomic mass is 35.5. The molecule has 0 unspecified atom stereocenters. The van der Waals surface area contributed by atoms with Gasteiger partial charge in [0.1, 0.15) is 11.6 Å². The number of pyridine rings is 1. The van der Waals surface area contributed by atoms with Crippen molar-refractivity contribution in [3.63, 3.8) is 0 Å². The van der Waals surface area contributed by atoms with Gasteiger partial charge in [0.25, 0.3) is 5.56 Å². The highest BCUT2D eigenvalue weighted by molar-refractivity contribution is 6.32. The number of aromatic nitrogens is 3. The standard InChI is InChI=1S/C23H32ClN5O2/c1-13-9-18(15(3)16(4)23(13,5)6)28-19-11-26-29(22(31)21(19)24)12-20(30)27-17-8-7-14(2)25-10-17/h7-8,10-11,13,15-16,18,28H,9,12H2,1-6H3,(H,27,30)/t13-,15+,16+,18+/m0/s1. The molecule has 0 aliphatic heterocycles. The summed E-state index contributed by atoms with van der Waals surface area (Å²) >= 11 is 6.38. The largest absolute Gasteiger partial charge is 0.379 e. The molecule has 1 aliphatic rings. The molecule has 31 heavy (non-hydrogen) atoms. The van der Waals surface area contributed by atoms with Gasteiger partial charge >= 0.3 is 0 Å². The predicted molar refractivity (Wildman–Crippen MR) is 124 cm³/mol. The Morgan fingerprint density at radius 1 is 1.26 bits per heavy atom. The number of nitrogens with one attached hydrogen (secondary N) is 2. The third-order valence-corrected chi connectivity index (χ3v) is 7.65. The van der Waals surface area contributed by atoms with E-state index in [-0.39, 0.29) is 28.9 Å². The van der Waals surface area contributed by atoms with E-state index < -0.39 is 5.56 Å². The van der Waals surface area contributed by atoms with Gasteiger partial charge in [-0.05, 0) is 48.6 Å². The second kappa shape index (κ2) is 8.99. The molecule has 0 saturated heterocycles. The van der Waals surface area contributed by atoms with E-state index in [2.05, 4.69) is 55.3 Å². The molecule has 0 aromatic carbocycles. The Bertz CT molecular complexity index is 1000. The van der Waals surface area contributed by atoms with Crippen LogP contribution in [0.5, 0.6) is 0 Å². The van der Waals surface area contributed by atoms with E-state index in [9.17, 15) is 9.59 Å². The Kier molecular flexibility index (Phi) is 6.74. The van der Waals surface area contributed by atoms with E-state index in [1.54, 1.807) is 18.3 Å². The molecule has 2 aromatic heterocycles. The van der Waals surface area contributed by atoms with Crippen LogP contribution in [0.15, 0.2) is 29.3 Å². The second-order valence-electron chi connectivity index (χ2n) is 9.43. The van der Waals surface area contributed by atoms with Crippen molar-refractivity contribution in [2.24, 2.45) is 23.2 Å². The number of anilines is 2. The summed E-state index contributed by atoms with van der Waals surface area (Å²) in [6.45, 7) is 13.1. The van der Waals surface area contributed by atoms with Crippen molar-refractivity contribution in [2.75, 3.05) is 10.6 Å². The molecule has 2 N–H and O–H groups in total. The molecular weight excluding hydrogens is 414 g/mol. The zero-order valence-electron chi connectivity index (χ0n) is 19.1. The molecule has 1 saturated carbocycles. The van der Waals surface area contributed by atoms with E-state index >= 15 is 0 Å². The first kappa shape index (κ1) is 23.3. The highest BCUT2D eigenvalue weighted by Gasteiger charge is 2.43. The Balaban J connectivity index is 1.71. The molecule has 0 bridgehead atoms. The van der Waals surface area contributed by atoms with E-state index in [0.717, 1.165) is 16.8 Å². The molecule has 1 amide bonds. The topological polar surface area (TPSA) is 88.9 Å². The normalized spacial score (nSPS) is 25.1. The fourth-order valence-corrected chi connectivity index (χ4v) is 4.52. The van der Waals surface area contributed by atoms with Crippen molar-refractivity contribution < 1.29 is 4.79 Å². The molecular formula is C23H32ClN5O2. The minimum absolute atomic E-state index is 0.0529. The predicted octanol–water partition coefficient (Wildman–Crippen LogP) is 4.36. The van der Waals surface area contributed by atoms with Crippen molar-refractivity contribution in [3.05, 3.63) is 45.6 Å². The molecule has 8 heteroatoms. The molecule has 0 radical (unpaired) electrons. The lowest BCUT2D eigenvalue weighted by Gasteiger charge is -2.50. The highest BCUT2D eigenvalue weighted by Crippen LogP contribution is 2.48. The van der Waals surface area contributed by atoms with Gasteiger partial charge in [0.2, 0.25) is 5.91 Å². The zero-order valence-corrected chi connectivity index (χ0v) is 19.8. The SMILES string of the molecule is Cc1ccc(NC(=O)Cn2ncc(N[C@@H]3C[C@H](C)C(C)(C)[C@H](C)[C@H]3C)c(Cl)c2=O)cn1. The van der Waals surface area contributed by atoms with E-state index in [4.69, 9.17) is 11.6 Å². The first-order valence-electron chi connectivity index (χ1n) is 10.7. The van der Waals surface area contributed by atoms with Gasteiger partial charge in [-0.2, -0.15) is 5.10 Å². The van der Waals surface area contributed by atoms with Crippen LogP contribution in [0.3, 0.4) is 0 Å². The number of halogens is 1. The summed E-state index contributed by atoms with van der Waals surface area (Å²) in [5.41, 5.74) is 1.69. The average Bonchev–Trinajstić information content (AvgIpc) is 2.72. The number of carbonyl (C=O) groups excluding carboxylic acids is 1. The Morgan fingerprint density at radius 2 is 1.97 bits per heavy atom. The van der Waals surface area contributed by atoms with Gasteiger partial charge in [0.05, 0.1) is 23.8 Å². The Morgan fingerprint density at radius 3 is 2.61 bits per heavy atom. The van der Waals surface area contributed by atoms with Crippen LogP contribution in [0.25, 0.3) is 0 Å². The molecule has 7 nitrogen and oxygen atoms in total. The summed E-state index contributed by atoms with van der Waals surface area (Å²) in [6.07, 6.45) is 4.09. The van der Waals surface area contributed by atoms with Gasteiger partial charge in [-0.1, -0.05) is 46.2 Å². The molecule has 2 aromatic rings. The lowest BCUT2D eigenvalue weighted by atomic mass is 9.58. The molecule has 3 rings (SSSR count). The Hall–Kier alpha value is -2.41. The van der Waals surface area contributed by atoms with Gasteiger partial charge in [-0.25, -0.2) is 4.68 Å². The maximum Gasteiger partial charge on any atom is 0.288 e. The van der Waals surface area contributed by atoms with E-state index in [1.807, 2.05) is 6.92 Å². The molecule has 4 atom stereocenters. The second-order valence-corrected chi connectivity index (χ2v) is 9.81. The van der Waals surface area contributed by atoms with E-state index in [1.165, 1.54) is 6.20 Å². The lowest BCUT2D eigenvalue weighted by molar-refractivity contribution is -0.117. The summed E-state index contributed by atoms with van der Waals surface area (Å²) in [6, 6.07) is 3.75. The van der Waals surface area contributed by atoms with Gasteiger partial charge in [0, 0.05) is 11.7 Å². The number of rotatable bonds is 5. The quantitative estimate of drug-likeness (QED) is 0.713. The Labute approximate surface area is 188 Å². The maximum atomic E-state index is 12.7. The van der Waals surface area contributed by atoms with Crippen LogP contribution in [0.2, 0.25) is 5.02 Å². The molecule has 1 fully saturated rings. The minimum Gasteiger partial charge on any atom is -0.379 e. The summed E-state index contributed by atoms with van der Waals surface area (Å²) in [4.78, 5) is 29.2. The fourth-order valence-electron chi connectivity index (χ4n) is 4.32. The third-order valence-electron chi connectivity index (χ3n) is 7.29. The number of amides is 1. The van der Waals surface area contributed by atoms with Gasteiger partial charge in [0.15, 0.2) is 0 Å². The first-order chi connectivity index (χ1) is 14.5. The third kappa shape index (κ3) is 4.92. The number of carbonyl (C=O) groups is 1. The maximum absolute atomic E-state index is 12.7. The first-order valence-corrected chi connectivity index (χ1v) is 11.1. The molecule has 1 aliphatic carbocycles. The minimum atomic E-state index is -0.492. The van der Waals surface area contributed by atoms with Crippen LogP contribution < -0.4 is 16.2 Å². The van der Waals surface area contributed by atoms with Crippen molar-refractivity contribution >= 4 is 28.9 Å². The van der Waals surface area contributed by atoms with Crippen molar-refractivity contribution in [2.45, 2.75) is 60.5 Å². The van der Waals surface area contributed by atoms with Crippen molar-refractivity contribution in [1.29, 1.82) is 0 Å². The van der Waals surface area contributed by atoms with E-state index in [0.29, 0.717) is 29.1 Å². The molecule has 0 spiro atoms. The zero-order chi connectivity index (χ0) is 22.9. The van der Waals surface area contributed by atoms with Crippen LogP contribution >= 0.6 is 11.6 Å². The van der Waals surface area contributed by atoms with Gasteiger partial charge in [-0.3, -0.25) is 14.6 Å². The fraction of sp³-hybridized carbons (Fsp3) is 0.565. The summed E-state index contributed by atoms with van der Waals surface area (Å²) in [7, 11) is 0. The van der Waals surface area contributed by atoms with Crippen molar-refractivity contribution in [3.8, 4) is 0 Å². The monoisotopic (exact) mass is 445 g/mol. The van der Waals surface area contributed by atoms with Gasteiger partial charge < -0.3 is 10.6 Å². The molecule has 2 heterocycles. The summed E-state index contributed by atoms with van der Waals surface area (Å²) < 4.78 is 1.07.